The van der Waals surface area contributed by atoms with E-state index in [1.807, 2.05) is 54.6 Å². The summed E-state index contributed by atoms with van der Waals surface area (Å²) in [5.41, 5.74) is -1.55. The number of ketones is 1. The number of allylic oxidation sites excluding steroid dienone is 2. The molecule has 0 heterocycles. The van der Waals surface area contributed by atoms with Crippen molar-refractivity contribution in [3.8, 4) is 24.3 Å². The average Bonchev–Trinajstić information content (AvgIpc) is 3.19. The highest BCUT2D eigenvalue weighted by molar-refractivity contribution is 6.05. The largest absolute Gasteiger partial charge is 0.294 e. The van der Waals surface area contributed by atoms with Gasteiger partial charge < -0.3 is 0 Å². The lowest BCUT2D eigenvalue weighted by Crippen LogP contribution is -2.46. The molecule has 3 aliphatic rings. The first-order chi connectivity index (χ1) is 12.5. The van der Waals surface area contributed by atoms with Gasteiger partial charge in [0, 0.05) is 23.3 Å². The van der Waals surface area contributed by atoms with Crippen molar-refractivity contribution in [1.29, 1.82) is 21.0 Å². The third kappa shape index (κ3) is 1.63. The Balaban J connectivity index is 1.84. The van der Waals surface area contributed by atoms with Crippen LogP contribution in [-0.2, 0) is 6.42 Å². The van der Waals surface area contributed by atoms with Gasteiger partial charge in [-0.1, -0.05) is 35.9 Å². The van der Waals surface area contributed by atoms with Gasteiger partial charge in [-0.25, -0.2) is 0 Å². The molecule has 5 heteroatoms. The summed E-state index contributed by atoms with van der Waals surface area (Å²) in [6, 6.07) is 15.4. The monoisotopic (exact) mass is 338 g/mol. The van der Waals surface area contributed by atoms with Crippen LogP contribution in [0.2, 0.25) is 0 Å². The zero-order valence-electron chi connectivity index (χ0n) is 14.0. The molecule has 0 aliphatic heterocycles. The number of rotatable bonds is 0. The molecular weight excluding hydrogens is 324 g/mol. The van der Waals surface area contributed by atoms with Crippen LogP contribution in [0, 0.1) is 67.5 Å². The second-order valence-electron chi connectivity index (χ2n) is 7.52. The fourth-order valence-corrected chi connectivity index (χ4v) is 5.09. The smallest absolute Gasteiger partial charge is 0.182 e. The van der Waals surface area contributed by atoms with Crippen molar-refractivity contribution < 1.29 is 4.79 Å². The Kier molecular flexibility index (Phi) is 3.12. The maximum absolute atomic E-state index is 13.1. The number of fused-ring (bicyclic) bond motifs is 2. The van der Waals surface area contributed by atoms with Crippen LogP contribution in [0.1, 0.15) is 35.2 Å². The fourth-order valence-electron chi connectivity index (χ4n) is 5.09. The lowest BCUT2D eigenvalue weighted by Gasteiger charge is -2.39. The summed E-state index contributed by atoms with van der Waals surface area (Å²) in [4.78, 5) is 13.1. The minimum atomic E-state index is -1.75. The Morgan fingerprint density at radius 2 is 1.65 bits per heavy atom. The van der Waals surface area contributed by atoms with E-state index in [1.54, 1.807) is 0 Å². The highest BCUT2D eigenvalue weighted by Gasteiger charge is 2.66. The Hall–Kier alpha value is -3.41. The summed E-state index contributed by atoms with van der Waals surface area (Å²) >= 11 is 0. The second-order valence-corrected chi connectivity index (χ2v) is 7.52. The summed E-state index contributed by atoms with van der Waals surface area (Å²) in [5, 5.41) is 39.0. The van der Waals surface area contributed by atoms with E-state index in [0.29, 0.717) is 24.8 Å². The number of benzene rings is 1. The Morgan fingerprint density at radius 1 is 0.962 bits per heavy atom. The van der Waals surface area contributed by atoms with Gasteiger partial charge in [-0.3, -0.25) is 4.79 Å². The van der Waals surface area contributed by atoms with Crippen molar-refractivity contribution >= 4 is 5.78 Å². The lowest BCUT2D eigenvalue weighted by atomic mass is 9.54. The van der Waals surface area contributed by atoms with Gasteiger partial charge in [0.2, 0.25) is 0 Å². The van der Waals surface area contributed by atoms with Crippen LogP contribution < -0.4 is 0 Å². The predicted octanol–water partition coefficient (Wildman–Crippen LogP) is 3.22. The zero-order valence-corrected chi connectivity index (χ0v) is 14.0. The molecule has 0 amide bonds. The first kappa shape index (κ1) is 16.1. The van der Waals surface area contributed by atoms with Crippen LogP contribution >= 0.6 is 0 Å². The van der Waals surface area contributed by atoms with Crippen molar-refractivity contribution in [1.82, 2.24) is 0 Å². The minimum absolute atomic E-state index is 0.0458. The molecule has 4 rings (SSSR count). The molecule has 0 saturated heterocycles. The average molecular weight is 338 g/mol. The van der Waals surface area contributed by atoms with Gasteiger partial charge in [0.05, 0.1) is 24.3 Å². The Labute approximate surface area is 151 Å². The molecule has 1 saturated carbocycles. The van der Waals surface area contributed by atoms with E-state index in [1.165, 1.54) is 0 Å². The molecule has 1 aromatic carbocycles. The molecule has 1 aromatic rings. The zero-order chi connectivity index (χ0) is 18.6. The van der Waals surface area contributed by atoms with Crippen LogP contribution in [0.4, 0.5) is 0 Å². The number of carbonyl (C=O) groups excluding carboxylic acids is 1. The van der Waals surface area contributed by atoms with E-state index < -0.39 is 22.2 Å². The summed E-state index contributed by atoms with van der Waals surface area (Å²) in [5.74, 6) is -0.517. The van der Waals surface area contributed by atoms with Crippen LogP contribution in [0.5, 0.6) is 0 Å². The van der Waals surface area contributed by atoms with Crippen molar-refractivity contribution in [2.75, 3.05) is 0 Å². The molecule has 1 fully saturated rings. The van der Waals surface area contributed by atoms with Crippen molar-refractivity contribution in [2.45, 2.75) is 25.7 Å². The fraction of sp³-hybridized carbons (Fsp3) is 0.381. The van der Waals surface area contributed by atoms with Crippen molar-refractivity contribution in [2.24, 2.45) is 22.2 Å². The molecule has 0 radical (unpaired) electrons. The summed E-state index contributed by atoms with van der Waals surface area (Å²) in [7, 11) is 0. The van der Waals surface area contributed by atoms with E-state index in [0.717, 1.165) is 11.1 Å². The first-order valence-electron chi connectivity index (χ1n) is 8.48. The number of hydrogen-bond acceptors (Lipinski definition) is 5. The molecule has 0 bridgehead atoms. The quantitative estimate of drug-likeness (QED) is 0.674. The van der Waals surface area contributed by atoms with Gasteiger partial charge in [0.1, 0.15) is 0 Å². The van der Waals surface area contributed by atoms with Crippen molar-refractivity contribution in [3.63, 3.8) is 0 Å². The molecule has 5 nitrogen and oxygen atoms in total. The molecule has 0 N–H and O–H groups in total. The number of hydrogen-bond donors (Lipinski definition) is 0. The van der Waals surface area contributed by atoms with E-state index in [9.17, 15) is 25.8 Å². The molecule has 0 aromatic heterocycles. The van der Waals surface area contributed by atoms with Crippen LogP contribution in [0.25, 0.3) is 0 Å². The highest BCUT2D eigenvalue weighted by Crippen LogP contribution is 2.63. The van der Waals surface area contributed by atoms with E-state index >= 15 is 0 Å². The summed E-state index contributed by atoms with van der Waals surface area (Å²) in [6.07, 6.45) is 3.26. The van der Waals surface area contributed by atoms with Crippen LogP contribution in [-0.4, -0.2) is 5.78 Å². The van der Waals surface area contributed by atoms with Crippen LogP contribution in [0.15, 0.2) is 35.9 Å². The Bertz CT molecular complexity index is 1010. The first-order valence-corrected chi connectivity index (χ1v) is 8.48. The molecular formula is C21H14N4O. The second kappa shape index (κ2) is 5.05. The molecule has 1 spiro atoms. The molecule has 2 atom stereocenters. The number of Topliss-reactive ketones (excluding diaryl/α,β-unsaturated/α-hetero) is 1. The number of carbonyl (C=O) groups is 1. The van der Waals surface area contributed by atoms with E-state index in [-0.39, 0.29) is 12.2 Å². The molecule has 2 unspecified atom stereocenters. The molecule has 26 heavy (non-hydrogen) atoms. The van der Waals surface area contributed by atoms with Crippen LogP contribution in [0.3, 0.4) is 0 Å². The highest BCUT2D eigenvalue weighted by atomic mass is 16.1. The maximum Gasteiger partial charge on any atom is 0.182 e. The number of nitriles is 4. The van der Waals surface area contributed by atoms with Crippen molar-refractivity contribution in [3.05, 3.63) is 47.0 Å². The SMILES string of the molecule is N#CC1(C#N)CC=C2CC3(Cc4ccccc4C3=O)CC2C1(C#N)C#N. The van der Waals surface area contributed by atoms with E-state index in [2.05, 4.69) is 0 Å². The standard InChI is InChI=1S/C21H14N4O/c22-10-20(11-23)6-5-15-8-19(9-17(15)21(20,12-24)13-25)7-14-3-1-2-4-16(14)18(19)26/h1-5,17H,6-9H2. The van der Waals surface area contributed by atoms with Gasteiger partial charge in [0.25, 0.3) is 0 Å². The topological polar surface area (TPSA) is 112 Å². The maximum atomic E-state index is 13.1. The van der Waals surface area contributed by atoms with E-state index in [4.69, 9.17) is 0 Å². The normalized spacial score (nSPS) is 29.5. The van der Waals surface area contributed by atoms with Gasteiger partial charge >= 0.3 is 0 Å². The van der Waals surface area contributed by atoms with Gasteiger partial charge in [0.15, 0.2) is 16.6 Å². The molecule has 124 valence electrons. The summed E-state index contributed by atoms with van der Waals surface area (Å²) < 4.78 is 0. The Morgan fingerprint density at radius 3 is 2.27 bits per heavy atom. The minimum Gasteiger partial charge on any atom is -0.294 e. The lowest BCUT2D eigenvalue weighted by molar-refractivity contribution is 0.0803. The van der Waals surface area contributed by atoms with Gasteiger partial charge in [-0.15, -0.1) is 0 Å². The third-order valence-corrected chi connectivity index (χ3v) is 6.46. The van der Waals surface area contributed by atoms with Gasteiger partial charge in [-0.2, -0.15) is 21.0 Å². The third-order valence-electron chi connectivity index (χ3n) is 6.46. The predicted molar refractivity (Wildman–Crippen MR) is 89.7 cm³/mol. The van der Waals surface area contributed by atoms with Gasteiger partial charge in [-0.05, 0) is 24.8 Å². The molecule has 3 aliphatic carbocycles. The number of nitrogens with zero attached hydrogens (tertiary/aromatic N) is 4. The summed E-state index contributed by atoms with van der Waals surface area (Å²) in [6.45, 7) is 0.